The summed E-state index contributed by atoms with van der Waals surface area (Å²) in [6.07, 6.45) is 4.31. The molecule has 0 aliphatic carbocycles. The minimum atomic E-state index is -0.289. The molecule has 5 heteroatoms. The molecule has 0 saturated carbocycles. The molecule has 28 heavy (non-hydrogen) atoms. The first-order chi connectivity index (χ1) is 13.3. The first kappa shape index (κ1) is 22.3. The molecular formula is C23H30ClNO3. The number of rotatable bonds is 9. The van der Waals surface area contributed by atoms with E-state index < -0.39 is 0 Å². The second kappa shape index (κ2) is 11.7. The van der Waals surface area contributed by atoms with E-state index in [4.69, 9.17) is 9.47 Å². The van der Waals surface area contributed by atoms with Gasteiger partial charge in [0.15, 0.2) is 0 Å². The lowest BCUT2D eigenvalue weighted by Gasteiger charge is -2.24. The minimum absolute atomic E-state index is 0. The summed E-state index contributed by atoms with van der Waals surface area (Å²) in [6, 6.07) is 17.2. The molecule has 0 amide bonds. The van der Waals surface area contributed by atoms with Crippen LogP contribution < -0.4 is 4.74 Å². The largest absolute Gasteiger partial charge is 0.494 e. The third kappa shape index (κ3) is 6.54. The number of hydrogen-bond acceptors (Lipinski definition) is 4. The highest BCUT2D eigenvalue weighted by atomic mass is 35.5. The summed E-state index contributed by atoms with van der Waals surface area (Å²) in [4.78, 5) is 15.1. The molecule has 0 spiro atoms. The van der Waals surface area contributed by atoms with Gasteiger partial charge in [0.05, 0.1) is 12.2 Å². The Labute approximate surface area is 174 Å². The van der Waals surface area contributed by atoms with Crippen molar-refractivity contribution < 1.29 is 14.3 Å². The summed E-state index contributed by atoms with van der Waals surface area (Å²) in [6.45, 7) is 5.73. The van der Waals surface area contributed by atoms with Gasteiger partial charge in [-0.3, -0.25) is 4.90 Å². The van der Waals surface area contributed by atoms with E-state index in [0.717, 1.165) is 43.8 Å². The Morgan fingerprint density at radius 2 is 1.71 bits per heavy atom. The molecule has 0 N–H and O–H groups in total. The normalized spacial score (nSPS) is 14.9. The van der Waals surface area contributed by atoms with Gasteiger partial charge in [0.1, 0.15) is 11.9 Å². The molecule has 1 unspecified atom stereocenters. The first-order valence-electron chi connectivity index (χ1n) is 9.97. The van der Waals surface area contributed by atoms with Crippen LogP contribution in [0.25, 0.3) is 0 Å². The van der Waals surface area contributed by atoms with Crippen molar-refractivity contribution in [3.05, 3.63) is 65.7 Å². The maximum atomic E-state index is 12.7. The molecule has 1 aliphatic heterocycles. The lowest BCUT2D eigenvalue weighted by Crippen LogP contribution is -2.28. The molecule has 0 aromatic heterocycles. The maximum absolute atomic E-state index is 12.7. The number of benzene rings is 2. The third-order valence-electron chi connectivity index (χ3n) is 4.90. The Morgan fingerprint density at radius 1 is 1.04 bits per heavy atom. The van der Waals surface area contributed by atoms with Crippen molar-refractivity contribution in [2.45, 2.75) is 38.7 Å². The second-order valence-electron chi connectivity index (χ2n) is 7.04. The van der Waals surface area contributed by atoms with Gasteiger partial charge in [0, 0.05) is 6.54 Å². The quantitative estimate of drug-likeness (QED) is 0.421. The Kier molecular flexibility index (Phi) is 9.32. The summed E-state index contributed by atoms with van der Waals surface area (Å²) in [7, 11) is 0. The highest BCUT2D eigenvalue weighted by molar-refractivity contribution is 5.89. The fraction of sp³-hybridized carbons (Fsp3) is 0.435. The van der Waals surface area contributed by atoms with Crippen molar-refractivity contribution in [2.24, 2.45) is 0 Å². The van der Waals surface area contributed by atoms with Crippen LogP contribution in [-0.2, 0) is 4.74 Å². The summed E-state index contributed by atoms with van der Waals surface area (Å²) in [5.41, 5.74) is 1.59. The molecule has 1 heterocycles. The van der Waals surface area contributed by atoms with Crippen molar-refractivity contribution >= 4 is 18.4 Å². The van der Waals surface area contributed by atoms with E-state index in [1.165, 1.54) is 12.8 Å². The van der Waals surface area contributed by atoms with Crippen molar-refractivity contribution in [3.63, 3.8) is 0 Å². The molecule has 1 atom stereocenters. The Bertz CT molecular complexity index is 700. The maximum Gasteiger partial charge on any atom is 0.338 e. The molecule has 2 aromatic carbocycles. The van der Waals surface area contributed by atoms with Crippen LogP contribution in [0.15, 0.2) is 54.6 Å². The number of ether oxygens (including phenoxy) is 2. The van der Waals surface area contributed by atoms with E-state index >= 15 is 0 Å². The third-order valence-corrected chi connectivity index (χ3v) is 4.90. The predicted octanol–water partition coefficient (Wildman–Crippen LogP) is 5.28. The predicted molar refractivity (Wildman–Crippen MR) is 114 cm³/mol. The van der Waals surface area contributed by atoms with Crippen LogP contribution in [0.2, 0.25) is 0 Å². The standard InChI is InChI=1S/C23H29NO3.ClH/c1-2-3-17-26-21-13-11-20(12-14-21)23(25)27-22(18-24-15-7-8-16-24)19-9-5-4-6-10-19;/h4-6,9-14,22H,2-3,7-8,15-18H2,1H3;1H. The van der Waals surface area contributed by atoms with Gasteiger partial charge in [-0.2, -0.15) is 0 Å². The van der Waals surface area contributed by atoms with Crippen LogP contribution in [0.4, 0.5) is 0 Å². The average Bonchev–Trinajstić information content (AvgIpc) is 3.22. The molecule has 1 aliphatic rings. The fourth-order valence-corrected chi connectivity index (χ4v) is 3.30. The van der Waals surface area contributed by atoms with E-state index in [1.54, 1.807) is 12.1 Å². The fourth-order valence-electron chi connectivity index (χ4n) is 3.30. The highest BCUT2D eigenvalue weighted by Crippen LogP contribution is 2.23. The van der Waals surface area contributed by atoms with Crippen molar-refractivity contribution in [1.82, 2.24) is 4.90 Å². The summed E-state index contributed by atoms with van der Waals surface area (Å²) in [5.74, 6) is 0.500. The average molecular weight is 404 g/mol. The summed E-state index contributed by atoms with van der Waals surface area (Å²) >= 11 is 0. The van der Waals surface area contributed by atoms with Crippen LogP contribution in [-0.4, -0.2) is 37.1 Å². The lowest BCUT2D eigenvalue weighted by molar-refractivity contribution is 0.0216. The second-order valence-corrected chi connectivity index (χ2v) is 7.04. The zero-order chi connectivity index (χ0) is 18.9. The molecule has 1 fully saturated rings. The van der Waals surface area contributed by atoms with Crippen LogP contribution in [0.3, 0.4) is 0 Å². The van der Waals surface area contributed by atoms with Crippen molar-refractivity contribution in [2.75, 3.05) is 26.2 Å². The van der Waals surface area contributed by atoms with Gasteiger partial charge in [-0.15, -0.1) is 12.4 Å². The van der Waals surface area contributed by atoms with Gasteiger partial charge in [0.2, 0.25) is 0 Å². The van der Waals surface area contributed by atoms with Gasteiger partial charge in [-0.25, -0.2) is 4.79 Å². The van der Waals surface area contributed by atoms with Gasteiger partial charge >= 0.3 is 5.97 Å². The van der Waals surface area contributed by atoms with Gasteiger partial charge in [0.25, 0.3) is 0 Å². The van der Waals surface area contributed by atoms with Crippen molar-refractivity contribution in [1.29, 1.82) is 0 Å². The number of nitrogens with zero attached hydrogens (tertiary/aromatic N) is 1. The Hall–Kier alpha value is -2.04. The molecule has 1 saturated heterocycles. The monoisotopic (exact) mass is 403 g/mol. The van der Waals surface area contributed by atoms with Gasteiger partial charge in [-0.05, 0) is 62.2 Å². The van der Waals surface area contributed by atoms with E-state index in [0.29, 0.717) is 12.2 Å². The number of esters is 1. The Balaban J connectivity index is 0.00000280. The van der Waals surface area contributed by atoms with E-state index in [-0.39, 0.29) is 24.5 Å². The van der Waals surface area contributed by atoms with E-state index in [1.807, 2.05) is 42.5 Å². The Morgan fingerprint density at radius 3 is 2.36 bits per heavy atom. The molecule has 152 valence electrons. The van der Waals surface area contributed by atoms with Crippen molar-refractivity contribution in [3.8, 4) is 5.75 Å². The summed E-state index contributed by atoms with van der Waals surface area (Å²) in [5, 5.41) is 0. The topological polar surface area (TPSA) is 38.8 Å². The molecular weight excluding hydrogens is 374 g/mol. The SMILES string of the molecule is CCCCOc1ccc(C(=O)OC(CN2CCCC2)c2ccccc2)cc1.Cl. The zero-order valence-electron chi connectivity index (χ0n) is 16.5. The number of carbonyl (C=O) groups excluding carboxylic acids is 1. The number of likely N-dealkylation sites (tertiary alicyclic amines) is 1. The molecule has 0 bridgehead atoms. The molecule has 3 rings (SSSR count). The van der Waals surface area contributed by atoms with Crippen LogP contribution >= 0.6 is 12.4 Å². The molecule has 0 radical (unpaired) electrons. The first-order valence-corrected chi connectivity index (χ1v) is 9.97. The number of hydrogen-bond donors (Lipinski definition) is 0. The highest BCUT2D eigenvalue weighted by Gasteiger charge is 2.23. The number of halogens is 1. The number of unbranched alkanes of at least 4 members (excludes halogenated alkanes) is 1. The van der Waals surface area contributed by atoms with E-state index in [2.05, 4.69) is 11.8 Å². The van der Waals surface area contributed by atoms with Gasteiger partial charge in [-0.1, -0.05) is 43.7 Å². The zero-order valence-corrected chi connectivity index (χ0v) is 17.3. The van der Waals surface area contributed by atoms with E-state index in [9.17, 15) is 4.79 Å². The van der Waals surface area contributed by atoms with Crippen LogP contribution in [0.5, 0.6) is 5.75 Å². The van der Waals surface area contributed by atoms with Crippen LogP contribution in [0.1, 0.15) is 54.6 Å². The van der Waals surface area contributed by atoms with Gasteiger partial charge < -0.3 is 9.47 Å². The summed E-state index contributed by atoms with van der Waals surface area (Å²) < 4.78 is 11.6. The van der Waals surface area contributed by atoms with Crippen LogP contribution in [0, 0.1) is 0 Å². The molecule has 2 aromatic rings. The molecule has 4 nitrogen and oxygen atoms in total. The minimum Gasteiger partial charge on any atom is -0.494 e. The lowest BCUT2D eigenvalue weighted by atomic mass is 10.1. The number of carbonyl (C=O) groups is 1. The smallest absolute Gasteiger partial charge is 0.338 e.